The van der Waals surface area contributed by atoms with Gasteiger partial charge in [0.05, 0.1) is 29.1 Å². The second kappa shape index (κ2) is 6.50. The number of aromatic hydroxyl groups is 1. The van der Waals surface area contributed by atoms with E-state index < -0.39 is 0 Å². The summed E-state index contributed by atoms with van der Waals surface area (Å²) in [5.41, 5.74) is 4.03. The number of halogens is 2. The number of nitrogens with zero attached hydrogens (tertiary/aromatic N) is 1. The van der Waals surface area contributed by atoms with Crippen molar-refractivity contribution in [1.82, 2.24) is 0 Å². The molecule has 2 rings (SSSR count). The maximum Gasteiger partial charge on any atom is 0.124 e. The van der Waals surface area contributed by atoms with Gasteiger partial charge in [-0.15, -0.1) is 0 Å². The van der Waals surface area contributed by atoms with Crippen LogP contribution < -0.4 is 10.2 Å². The van der Waals surface area contributed by atoms with E-state index in [-0.39, 0.29) is 5.75 Å². The summed E-state index contributed by atoms with van der Waals surface area (Å²) in [6.07, 6.45) is 1.49. The summed E-state index contributed by atoms with van der Waals surface area (Å²) in [4.78, 5) is 0. The molecule has 104 valence electrons. The molecule has 4 nitrogen and oxygen atoms in total. The highest BCUT2D eigenvalue weighted by Crippen LogP contribution is 2.25. The first-order valence-corrected chi connectivity index (χ1v) is 6.47. The van der Waals surface area contributed by atoms with Crippen molar-refractivity contribution in [2.75, 3.05) is 12.5 Å². The van der Waals surface area contributed by atoms with Gasteiger partial charge in [0.2, 0.25) is 0 Å². The van der Waals surface area contributed by atoms with Crippen LogP contribution >= 0.6 is 23.2 Å². The Morgan fingerprint density at radius 1 is 1.15 bits per heavy atom. The fourth-order valence-corrected chi connectivity index (χ4v) is 1.80. The Hall–Kier alpha value is -1.91. The van der Waals surface area contributed by atoms with Crippen LogP contribution in [0.2, 0.25) is 10.0 Å². The second-order valence-corrected chi connectivity index (χ2v) is 4.74. The van der Waals surface area contributed by atoms with Crippen molar-refractivity contribution in [2.45, 2.75) is 0 Å². The molecule has 2 N–H and O–H groups in total. The minimum atomic E-state index is 0.116. The lowest BCUT2D eigenvalue weighted by atomic mass is 10.2. The van der Waals surface area contributed by atoms with Crippen LogP contribution in [-0.2, 0) is 0 Å². The smallest absolute Gasteiger partial charge is 0.124 e. The molecule has 20 heavy (non-hydrogen) atoms. The van der Waals surface area contributed by atoms with Crippen LogP contribution in [0.4, 0.5) is 5.69 Å². The molecule has 0 spiro atoms. The lowest BCUT2D eigenvalue weighted by Gasteiger charge is -2.04. The SMILES string of the molecule is COc1ccc(O)c(C=NNc2ccc(Cl)c(Cl)c2)c1. The van der Waals surface area contributed by atoms with E-state index in [1.54, 1.807) is 43.5 Å². The predicted octanol–water partition coefficient (Wildman–Crippen LogP) is 4.15. The number of hydrogen-bond donors (Lipinski definition) is 2. The van der Waals surface area contributed by atoms with Crippen LogP contribution in [0.3, 0.4) is 0 Å². The molecule has 0 amide bonds. The average Bonchev–Trinajstić information content (AvgIpc) is 2.45. The van der Waals surface area contributed by atoms with E-state index in [0.29, 0.717) is 27.0 Å². The number of anilines is 1. The van der Waals surface area contributed by atoms with E-state index >= 15 is 0 Å². The molecule has 0 aliphatic rings. The number of ether oxygens (including phenoxy) is 1. The zero-order chi connectivity index (χ0) is 14.5. The van der Waals surface area contributed by atoms with Crippen molar-refractivity contribution < 1.29 is 9.84 Å². The van der Waals surface area contributed by atoms with Gasteiger partial charge in [0.25, 0.3) is 0 Å². The number of benzene rings is 2. The molecule has 0 bridgehead atoms. The molecule has 2 aromatic carbocycles. The third kappa shape index (κ3) is 3.56. The summed E-state index contributed by atoms with van der Waals surface area (Å²) in [6, 6.07) is 9.96. The Labute approximate surface area is 126 Å². The molecule has 6 heteroatoms. The number of methoxy groups -OCH3 is 1. The number of phenolic OH excluding ortho intramolecular Hbond substituents is 1. The van der Waals surface area contributed by atoms with E-state index in [1.807, 2.05) is 0 Å². The fraction of sp³-hybridized carbons (Fsp3) is 0.0714. The van der Waals surface area contributed by atoms with Crippen molar-refractivity contribution in [1.29, 1.82) is 0 Å². The molecule has 0 atom stereocenters. The van der Waals surface area contributed by atoms with Gasteiger partial charge in [0.1, 0.15) is 11.5 Å². The van der Waals surface area contributed by atoms with Crippen LogP contribution in [0, 0.1) is 0 Å². The lowest BCUT2D eigenvalue weighted by Crippen LogP contribution is -1.92. The van der Waals surface area contributed by atoms with Gasteiger partial charge in [-0.05, 0) is 36.4 Å². The van der Waals surface area contributed by atoms with Gasteiger partial charge in [-0.25, -0.2) is 0 Å². The molecule has 2 aromatic rings. The van der Waals surface area contributed by atoms with Crippen LogP contribution in [0.25, 0.3) is 0 Å². The largest absolute Gasteiger partial charge is 0.507 e. The van der Waals surface area contributed by atoms with Crippen molar-refractivity contribution in [2.24, 2.45) is 5.10 Å². The maximum absolute atomic E-state index is 9.70. The van der Waals surface area contributed by atoms with Crippen molar-refractivity contribution >= 4 is 35.1 Å². The Morgan fingerprint density at radius 3 is 2.65 bits per heavy atom. The molecule has 0 fully saturated rings. The van der Waals surface area contributed by atoms with Crippen LogP contribution in [0.15, 0.2) is 41.5 Å². The number of rotatable bonds is 4. The number of nitrogens with one attached hydrogen (secondary N) is 1. The lowest BCUT2D eigenvalue weighted by molar-refractivity contribution is 0.412. The summed E-state index contributed by atoms with van der Waals surface area (Å²) < 4.78 is 5.08. The van der Waals surface area contributed by atoms with Gasteiger partial charge < -0.3 is 9.84 Å². The quantitative estimate of drug-likeness (QED) is 0.658. The monoisotopic (exact) mass is 310 g/mol. The maximum atomic E-state index is 9.70. The van der Waals surface area contributed by atoms with E-state index in [0.717, 1.165) is 0 Å². The van der Waals surface area contributed by atoms with Crippen molar-refractivity contribution in [3.8, 4) is 11.5 Å². The van der Waals surface area contributed by atoms with E-state index in [9.17, 15) is 5.11 Å². The first-order chi connectivity index (χ1) is 9.60. The first kappa shape index (κ1) is 14.5. The molecule has 0 aliphatic carbocycles. The Balaban J connectivity index is 2.11. The topological polar surface area (TPSA) is 53.9 Å². The van der Waals surface area contributed by atoms with Gasteiger partial charge in [-0.2, -0.15) is 5.10 Å². The van der Waals surface area contributed by atoms with Crippen LogP contribution in [0.1, 0.15) is 5.56 Å². The van der Waals surface area contributed by atoms with Crippen molar-refractivity contribution in [3.05, 3.63) is 52.0 Å². The third-order valence-corrected chi connectivity index (χ3v) is 3.29. The molecule has 0 aromatic heterocycles. The minimum absolute atomic E-state index is 0.116. The second-order valence-electron chi connectivity index (χ2n) is 3.92. The normalized spacial score (nSPS) is 10.8. The zero-order valence-electron chi connectivity index (χ0n) is 10.6. The molecule has 0 radical (unpaired) electrons. The number of phenols is 1. The van der Waals surface area contributed by atoms with Crippen LogP contribution in [-0.4, -0.2) is 18.4 Å². The van der Waals surface area contributed by atoms with Gasteiger partial charge in [-0.3, -0.25) is 5.43 Å². The van der Waals surface area contributed by atoms with E-state index in [1.165, 1.54) is 6.21 Å². The highest BCUT2D eigenvalue weighted by Gasteiger charge is 2.01. The Bertz CT molecular complexity index is 645. The summed E-state index contributed by atoms with van der Waals surface area (Å²) >= 11 is 11.7. The summed E-state index contributed by atoms with van der Waals surface area (Å²) in [7, 11) is 1.56. The fourth-order valence-electron chi connectivity index (χ4n) is 1.51. The summed E-state index contributed by atoms with van der Waals surface area (Å²) in [5.74, 6) is 0.754. The predicted molar refractivity (Wildman–Crippen MR) is 82.3 cm³/mol. The number of hydrazone groups is 1. The van der Waals surface area contributed by atoms with E-state index in [4.69, 9.17) is 27.9 Å². The standard InChI is InChI=1S/C14H12Cl2N2O2/c1-20-11-3-5-14(19)9(6-11)8-17-18-10-2-4-12(15)13(16)7-10/h2-8,18-19H,1H3. The summed E-state index contributed by atoms with van der Waals surface area (Å²) in [6.45, 7) is 0. The number of hydrogen-bond acceptors (Lipinski definition) is 4. The molecule has 0 saturated carbocycles. The molecule has 0 aliphatic heterocycles. The first-order valence-electron chi connectivity index (χ1n) is 5.71. The van der Waals surface area contributed by atoms with Gasteiger partial charge >= 0.3 is 0 Å². The molecular formula is C14H12Cl2N2O2. The molecular weight excluding hydrogens is 299 g/mol. The van der Waals surface area contributed by atoms with Gasteiger partial charge in [0, 0.05) is 5.56 Å². The van der Waals surface area contributed by atoms with E-state index in [2.05, 4.69) is 10.5 Å². The average molecular weight is 311 g/mol. The van der Waals surface area contributed by atoms with Gasteiger partial charge in [0.15, 0.2) is 0 Å². The minimum Gasteiger partial charge on any atom is -0.507 e. The molecule has 0 unspecified atom stereocenters. The molecule has 0 heterocycles. The molecule has 0 saturated heterocycles. The van der Waals surface area contributed by atoms with Gasteiger partial charge in [-0.1, -0.05) is 23.2 Å². The Kier molecular flexibility index (Phi) is 4.71. The highest BCUT2D eigenvalue weighted by molar-refractivity contribution is 6.42. The highest BCUT2D eigenvalue weighted by atomic mass is 35.5. The third-order valence-electron chi connectivity index (χ3n) is 2.55. The zero-order valence-corrected chi connectivity index (χ0v) is 12.1. The van der Waals surface area contributed by atoms with Crippen molar-refractivity contribution in [3.63, 3.8) is 0 Å². The van der Waals surface area contributed by atoms with Crippen LogP contribution in [0.5, 0.6) is 11.5 Å². The Morgan fingerprint density at radius 2 is 1.95 bits per heavy atom. The summed E-state index contributed by atoms with van der Waals surface area (Å²) in [5, 5.41) is 14.6.